The van der Waals surface area contributed by atoms with Crippen LogP contribution in [0, 0.1) is 6.92 Å². The molecule has 3 aromatic rings. The fraction of sp³-hybridized carbons (Fsp3) is 0.0714. The van der Waals surface area contributed by atoms with E-state index >= 15 is 0 Å². The van der Waals surface area contributed by atoms with Crippen molar-refractivity contribution in [2.24, 2.45) is 0 Å². The summed E-state index contributed by atoms with van der Waals surface area (Å²) >= 11 is 0. The predicted octanol–water partition coefficient (Wildman–Crippen LogP) is 0.426. The van der Waals surface area contributed by atoms with Crippen LogP contribution in [-0.2, 0) is 10.0 Å². The molecule has 0 saturated carbocycles. The van der Waals surface area contributed by atoms with E-state index in [4.69, 9.17) is 0 Å². The third-order valence-electron chi connectivity index (χ3n) is 3.44. The Bertz CT molecular complexity index is 1140. The van der Waals surface area contributed by atoms with Gasteiger partial charge >= 0.3 is 11.4 Å². The summed E-state index contributed by atoms with van der Waals surface area (Å²) in [7, 11) is -4.06. The summed E-state index contributed by atoms with van der Waals surface area (Å²) < 4.78 is 26.8. The zero-order valence-electron chi connectivity index (χ0n) is 12.3. The summed E-state index contributed by atoms with van der Waals surface area (Å²) in [6.45, 7) is 1.72. The minimum absolute atomic E-state index is 0.0805. The van der Waals surface area contributed by atoms with Crippen LogP contribution in [0.25, 0.3) is 10.8 Å². The number of rotatable bonds is 3. The second-order valence-corrected chi connectivity index (χ2v) is 6.73. The molecule has 24 heavy (non-hydrogen) atoms. The van der Waals surface area contributed by atoms with E-state index in [9.17, 15) is 23.1 Å². The Morgan fingerprint density at radius 2 is 1.88 bits per heavy atom. The van der Waals surface area contributed by atoms with Crippen molar-refractivity contribution in [1.29, 1.82) is 0 Å². The van der Waals surface area contributed by atoms with Crippen LogP contribution in [0.4, 0.5) is 5.95 Å². The van der Waals surface area contributed by atoms with Crippen molar-refractivity contribution in [3.63, 3.8) is 0 Å². The van der Waals surface area contributed by atoms with Gasteiger partial charge in [-0.2, -0.15) is 4.98 Å². The molecule has 0 spiro atoms. The molecule has 124 valence electrons. The number of H-pyrrole nitrogens is 2. The summed E-state index contributed by atoms with van der Waals surface area (Å²) in [5.41, 5.74) is -1.22. The Morgan fingerprint density at radius 1 is 1.12 bits per heavy atom. The number of hydrogen-bond acceptors (Lipinski definition) is 6. The Hall–Kier alpha value is -3.14. The average Bonchev–Trinajstić information content (AvgIpc) is 2.49. The third-order valence-corrected chi connectivity index (χ3v) is 4.78. The number of aromatic nitrogens is 3. The molecule has 1 aromatic heterocycles. The number of sulfonamides is 1. The Labute approximate surface area is 135 Å². The maximum atomic E-state index is 12.4. The molecule has 0 aliphatic heterocycles. The molecule has 0 radical (unpaired) electrons. The maximum absolute atomic E-state index is 12.4. The van der Waals surface area contributed by atoms with Crippen LogP contribution >= 0.6 is 0 Å². The van der Waals surface area contributed by atoms with E-state index < -0.39 is 27.4 Å². The van der Waals surface area contributed by atoms with Gasteiger partial charge in [-0.15, -0.1) is 0 Å². The van der Waals surface area contributed by atoms with Crippen molar-refractivity contribution < 1.29 is 13.5 Å². The second-order valence-electron chi connectivity index (χ2n) is 5.04. The van der Waals surface area contributed by atoms with Gasteiger partial charge in [0.2, 0.25) is 5.95 Å². The summed E-state index contributed by atoms with van der Waals surface area (Å²) in [5, 5.41) is 11.0. The Morgan fingerprint density at radius 3 is 2.58 bits per heavy atom. The molecular weight excluding hydrogens is 336 g/mol. The third kappa shape index (κ3) is 2.86. The molecule has 0 aliphatic rings. The van der Waals surface area contributed by atoms with Crippen LogP contribution in [0.1, 0.15) is 5.56 Å². The van der Waals surface area contributed by atoms with Crippen molar-refractivity contribution in [3.8, 4) is 5.75 Å². The van der Waals surface area contributed by atoms with E-state index in [0.29, 0.717) is 16.3 Å². The molecule has 0 unspecified atom stereocenters. The normalized spacial score (nSPS) is 11.5. The van der Waals surface area contributed by atoms with Crippen LogP contribution in [0.15, 0.2) is 44.8 Å². The molecule has 4 N–H and O–H groups in total. The monoisotopic (exact) mass is 348 g/mol. The van der Waals surface area contributed by atoms with E-state index in [-0.39, 0.29) is 10.6 Å². The molecular formula is C14H12N4O5S. The van der Waals surface area contributed by atoms with Crippen molar-refractivity contribution in [2.45, 2.75) is 11.8 Å². The summed E-state index contributed by atoms with van der Waals surface area (Å²) in [6, 6.07) is 7.38. The zero-order valence-corrected chi connectivity index (χ0v) is 13.1. The number of aryl methyl sites for hydroxylation is 1. The number of phenols is 1. The number of aromatic hydroxyl groups is 1. The maximum Gasteiger partial charge on any atom is 0.352 e. The first kappa shape index (κ1) is 15.7. The SMILES string of the molecule is Cc1c(O)ccc2cc(S(=O)(=O)Nc3nc(=O)[nH]c(=O)[nH]3)ccc12. The number of hydrogen-bond donors (Lipinski definition) is 4. The van der Waals surface area contributed by atoms with Crippen LogP contribution in [-0.4, -0.2) is 28.5 Å². The lowest BCUT2D eigenvalue weighted by molar-refractivity contribution is 0.472. The number of fused-ring (bicyclic) bond motifs is 1. The number of anilines is 1. The standard InChI is InChI=1S/C14H12N4O5S/c1-7-10-4-3-9(6-8(10)2-5-11(7)19)24(22,23)18-12-15-13(20)17-14(21)16-12/h2-6,19H,1H3,(H3,15,16,17,18,20,21). The lowest BCUT2D eigenvalue weighted by atomic mass is 10.1. The molecule has 0 amide bonds. The van der Waals surface area contributed by atoms with Gasteiger partial charge in [-0.3, -0.25) is 9.97 Å². The Balaban J connectivity index is 2.06. The van der Waals surface area contributed by atoms with Crippen LogP contribution < -0.4 is 16.1 Å². The molecule has 0 bridgehead atoms. The first-order chi connectivity index (χ1) is 11.3. The van der Waals surface area contributed by atoms with Gasteiger partial charge in [0.25, 0.3) is 10.0 Å². The minimum Gasteiger partial charge on any atom is -0.508 e. The van der Waals surface area contributed by atoms with Crippen LogP contribution in [0.5, 0.6) is 5.75 Å². The molecule has 9 nitrogen and oxygen atoms in total. The highest BCUT2D eigenvalue weighted by atomic mass is 32.2. The van der Waals surface area contributed by atoms with Gasteiger partial charge in [0, 0.05) is 0 Å². The second kappa shape index (κ2) is 5.49. The van der Waals surface area contributed by atoms with Gasteiger partial charge in [0.15, 0.2) is 0 Å². The highest BCUT2D eigenvalue weighted by molar-refractivity contribution is 7.92. The number of nitrogens with zero attached hydrogens (tertiary/aromatic N) is 1. The topological polar surface area (TPSA) is 145 Å². The number of nitrogens with one attached hydrogen (secondary N) is 3. The van der Waals surface area contributed by atoms with Crippen molar-refractivity contribution >= 4 is 26.7 Å². The van der Waals surface area contributed by atoms with Gasteiger partial charge in [-0.25, -0.2) is 22.7 Å². The number of benzene rings is 2. The number of phenolic OH excluding ortho intramolecular Hbond substituents is 1. The van der Waals surface area contributed by atoms with E-state index in [1.807, 2.05) is 9.71 Å². The first-order valence-corrected chi connectivity index (χ1v) is 8.20. The van der Waals surface area contributed by atoms with Gasteiger partial charge < -0.3 is 5.11 Å². The van der Waals surface area contributed by atoms with Crippen LogP contribution in [0.2, 0.25) is 0 Å². The van der Waals surface area contributed by atoms with Crippen molar-refractivity contribution in [3.05, 3.63) is 56.9 Å². The highest BCUT2D eigenvalue weighted by Gasteiger charge is 2.17. The fourth-order valence-corrected chi connectivity index (χ4v) is 3.25. The summed E-state index contributed by atoms with van der Waals surface area (Å²) in [4.78, 5) is 29.5. The summed E-state index contributed by atoms with van der Waals surface area (Å²) in [6.07, 6.45) is 0. The van der Waals surface area contributed by atoms with E-state index in [1.54, 1.807) is 19.1 Å². The van der Waals surface area contributed by atoms with Gasteiger partial charge in [-0.05, 0) is 41.5 Å². The Kier molecular flexibility index (Phi) is 3.60. The molecule has 10 heteroatoms. The zero-order chi connectivity index (χ0) is 17.5. The first-order valence-electron chi connectivity index (χ1n) is 6.72. The van der Waals surface area contributed by atoms with Crippen molar-refractivity contribution in [2.75, 3.05) is 4.72 Å². The quantitative estimate of drug-likeness (QED) is 0.540. The molecule has 0 aliphatic carbocycles. The molecule has 1 heterocycles. The lowest BCUT2D eigenvalue weighted by Crippen LogP contribution is -2.28. The van der Waals surface area contributed by atoms with Gasteiger partial charge in [-0.1, -0.05) is 12.1 Å². The highest BCUT2D eigenvalue weighted by Crippen LogP contribution is 2.28. The largest absolute Gasteiger partial charge is 0.508 e. The molecule has 0 saturated heterocycles. The average molecular weight is 348 g/mol. The molecule has 0 fully saturated rings. The number of aromatic amines is 2. The van der Waals surface area contributed by atoms with E-state index in [1.165, 1.54) is 18.2 Å². The smallest absolute Gasteiger partial charge is 0.352 e. The van der Waals surface area contributed by atoms with Crippen LogP contribution in [0.3, 0.4) is 0 Å². The van der Waals surface area contributed by atoms with E-state index in [0.717, 1.165) is 0 Å². The molecule has 3 rings (SSSR count). The molecule has 0 atom stereocenters. The summed E-state index contributed by atoms with van der Waals surface area (Å²) in [5.74, 6) is -0.368. The fourth-order valence-electron chi connectivity index (χ4n) is 2.25. The lowest BCUT2D eigenvalue weighted by Gasteiger charge is -2.09. The minimum atomic E-state index is -4.06. The van der Waals surface area contributed by atoms with Crippen molar-refractivity contribution in [1.82, 2.24) is 15.0 Å². The van der Waals surface area contributed by atoms with E-state index in [2.05, 4.69) is 9.97 Å². The van der Waals surface area contributed by atoms with Gasteiger partial charge in [0.1, 0.15) is 5.75 Å². The van der Waals surface area contributed by atoms with Gasteiger partial charge in [0.05, 0.1) is 4.90 Å². The molecule has 2 aromatic carbocycles. The predicted molar refractivity (Wildman–Crippen MR) is 86.6 cm³/mol.